The van der Waals surface area contributed by atoms with Crippen LogP contribution in [0.4, 0.5) is 16.2 Å². The highest BCUT2D eigenvalue weighted by Crippen LogP contribution is 2.25. The monoisotopic (exact) mass is 425 g/mol. The predicted octanol–water partition coefficient (Wildman–Crippen LogP) is 2.38. The minimum atomic E-state index is -3.71. The Morgan fingerprint density at radius 2 is 1.68 bits per heavy atom. The number of sulfonamides is 1. The average Bonchev–Trinajstić information content (AvgIpc) is 3.25. The first-order valence-electron chi connectivity index (χ1n) is 9.23. The Bertz CT molecular complexity index is 960. The van der Waals surface area contributed by atoms with Crippen LogP contribution in [-0.4, -0.2) is 62.0 Å². The lowest BCUT2D eigenvalue weighted by Crippen LogP contribution is -2.49. The van der Waals surface area contributed by atoms with Gasteiger partial charge in [-0.2, -0.15) is 9.29 Å². The SMILES string of the molecule is O=S(=O)(c1ccc(F)c(Cl)c1)N1CCN(c2ccnc(N3CCCC3)n2)CC1. The van der Waals surface area contributed by atoms with Gasteiger partial charge in [0.15, 0.2) is 0 Å². The summed E-state index contributed by atoms with van der Waals surface area (Å²) in [6.45, 7) is 3.61. The zero-order valence-corrected chi connectivity index (χ0v) is 16.8. The summed E-state index contributed by atoms with van der Waals surface area (Å²) < 4.78 is 40.4. The number of hydrogen-bond donors (Lipinski definition) is 0. The summed E-state index contributed by atoms with van der Waals surface area (Å²) in [4.78, 5) is 13.3. The number of anilines is 2. The van der Waals surface area contributed by atoms with Crippen molar-refractivity contribution in [2.45, 2.75) is 17.7 Å². The van der Waals surface area contributed by atoms with Crippen molar-refractivity contribution in [1.82, 2.24) is 14.3 Å². The molecule has 0 radical (unpaired) electrons. The molecule has 1 aromatic carbocycles. The molecule has 4 rings (SSSR count). The summed E-state index contributed by atoms with van der Waals surface area (Å²) >= 11 is 5.75. The molecule has 150 valence electrons. The summed E-state index contributed by atoms with van der Waals surface area (Å²) in [6, 6.07) is 5.33. The molecule has 0 bridgehead atoms. The topological polar surface area (TPSA) is 69.6 Å². The Labute approximate surface area is 168 Å². The fourth-order valence-electron chi connectivity index (χ4n) is 3.53. The van der Waals surface area contributed by atoms with E-state index in [-0.39, 0.29) is 9.92 Å². The van der Waals surface area contributed by atoms with Crippen LogP contribution in [0.25, 0.3) is 0 Å². The zero-order chi connectivity index (χ0) is 19.7. The number of aromatic nitrogens is 2. The van der Waals surface area contributed by atoms with Crippen molar-refractivity contribution in [2.75, 3.05) is 49.1 Å². The second kappa shape index (κ2) is 7.81. The van der Waals surface area contributed by atoms with Gasteiger partial charge in [0.25, 0.3) is 0 Å². The van der Waals surface area contributed by atoms with E-state index in [1.165, 1.54) is 10.4 Å². The number of nitrogens with zero attached hydrogens (tertiary/aromatic N) is 5. The zero-order valence-electron chi connectivity index (χ0n) is 15.3. The van der Waals surface area contributed by atoms with Gasteiger partial charge in [0.2, 0.25) is 16.0 Å². The summed E-state index contributed by atoms with van der Waals surface area (Å²) in [7, 11) is -3.71. The Morgan fingerprint density at radius 1 is 0.964 bits per heavy atom. The van der Waals surface area contributed by atoms with Crippen molar-refractivity contribution < 1.29 is 12.8 Å². The Kier molecular flexibility index (Phi) is 5.39. The molecule has 0 saturated carbocycles. The van der Waals surface area contributed by atoms with E-state index in [9.17, 15) is 12.8 Å². The largest absolute Gasteiger partial charge is 0.354 e. The summed E-state index contributed by atoms with van der Waals surface area (Å²) in [5, 5.41) is -0.199. The molecule has 3 heterocycles. The molecule has 0 atom stereocenters. The first-order chi connectivity index (χ1) is 13.4. The third-order valence-electron chi connectivity index (χ3n) is 5.11. The van der Waals surface area contributed by atoms with Crippen molar-refractivity contribution in [2.24, 2.45) is 0 Å². The number of benzene rings is 1. The van der Waals surface area contributed by atoms with E-state index >= 15 is 0 Å². The molecule has 0 amide bonds. The Morgan fingerprint density at radius 3 is 2.36 bits per heavy atom. The predicted molar refractivity (Wildman–Crippen MR) is 106 cm³/mol. The number of hydrogen-bond acceptors (Lipinski definition) is 6. The van der Waals surface area contributed by atoms with Crippen LogP contribution in [0.2, 0.25) is 5.02 Å². The molecule has 2 aliphatic rings. The molecule has 28 heavy (non-hydrogen) atoms. The summed E-state index contributed by atoms with van der Waals surface area (Å²) in [6.07, 6.45) is 4.05. The lowest BCUT2D eigenvalue weighted by atomic mass is 10.3. The quantitative estimate of drug-likeness (QED) is 0.749. The van der Waals surface area contributed by atoms with E-state index < -0.39 is 15.8 Å². The second-order valence-electron chi connectivity index (χ2n) is 6.88. The molecule has 2 aliphatic heterocycles. The molecule has 0 unspecified atom stereocenters. The first kappa shape index (κ1) is 19.4. The Hall–Kier alpha value is -1.97. The van der Waals surface area contributed by atoms with Crippen LogP contribution in [0.3, 0.4) is 0 Å². The fraction of sp³-hybridized carbons (Fsp3) is 0.444. The smallest absolute Gasteiger partial charge is 0.243 e. The molecular formula is C18H21ClFN5O2S. The van der Waals surface area contributed by atoms with E-state index in [2.05, 4.69) is 19.8 Å². The fourth-order valence-corrected chi connectivity index (χ4v) is 5.22. The molecule has 10 heteroatoms. The molecule has 0 aliphatic carbocycles. The van der Waals surface area contributed by atoms with Gasteiger partial charge in [-0.15, -0.1) is 0 Å². The highest BCUT2D eigenvalue weighted by molar-refractivity contribution is 7.89. The number of piperazine rings is 1. The van der Waals surface area contributed by atoms with Gasteiger partial charge in [0, 0.05) is 45.5 Å². The maximum Gasteiger partial charge on any atom is 0.243 e. The lowest BCUT2D eigenvalue weighted by molar-refractivity contribution is 0.383. The van der Waals surface area contributed by atoms with Gasteiger partial charge in [0.05, 0.1) is 9.92 Å². The number of halogens is 2. The van der Waals surface area contributed by atoms with Crippen LogP contribution >= 0.6 is 11.6 Å². The van der Waals surface area contributed by atoms with Crippen molar-refractivity contribution in [3.05, 3.63) is 41.3 Å². The van der Waals surface area contributed by atoms with E-state index in [4.69, 9.17) is 11.6 Å². The number of rotatable bonds is 4. The van der Waals surface area contributed by atoms with Gasteiger partial charge in [-0.3, -0.25) is 0 Å². The third-order valence-corrected chi connectivity index (χ3v) is 7.29. The highest BCUT2D eigenvalue weighted by Gasteiger charge is 2.29. The summed E-state index contributed by atoms with van der Waals surface area (Å²) in [5.41, 5.74) is 0. The van der Waals surface area contributed by atoms with Crippen LogP contribution in [0.15, 0.2) is 35.4 Å². The van der Waals surface area contributed by atoms with Gasteiger partial charge in [0.1, 0.15) is 11.6 Å². The molecule has 2 aromatic rings. The standard InChI is InChI=1S/C18H21ClFN5O2S/c19-15-13-14(3-4-16(15)20)28(26,27)25-11-9-23(10-12-25)17-5-6-21-18(22-17)24-7-1-2-8-24/h3-6,13H,1-2,7-12H2. The first-order valence-corrected chi connectivity index (χ1v) is 11.0. The summed E-state index contributed by atoms with van der Waals surface area (Å²) in [5.74, 6) is 0.896. The third kappa shape index (κ3) is 3.78. The van der Waals surface area contributed by atoms with Gasteiger partial charge < -0.3 is 9.80 Å². The van der Waals surface area contributed by atoms with Crippen molar-refractivity contribution in [3.63, 3.8) is 0 Å². The molecule has 2 fully saturated rings. The van der Waals surface area contributed by atoms with Crippen LogP contribution < -0.4 is 9.80 Å². The van der Waals surface area contributed by atoms with E-state index in [1.54, 1.807) is 6.20 Å². The molecule has 2 saturated heterocycles. The van der Waals surface area contributed by atoms with Gasteiger partial charge in [-0.25, -0.2) is 17.8 Å². The molecule has 0 N–H and O–H groups in total. The van der Waals surface area contributed by atoms with E-state index in [0.29, 0.717) is 26.2 Å². The Balaban J connectivity index is 1.45. The van der Waals surface area contributed by atoms with Crippen LogP contribution in [0.1, 0.15) is 12.8 Å². The normalized spacial score (nSPS) is 18.6. The van der Waals surface area contributed by atoms with Crippen molar-refractivity contribution in [3.8, 4) is 0 Å². The maximum atomic E-state index is 13.4. The lowest BCUT2D eigenvalue weighted by Gasteiger charge is -2.34. The van der Waals surface area contributed by atoms with Crippen molar-refractivity contribution >= 4 is 33.4 Å². The van der Waals surface area contributed by atoms with Gasteiger partial charge in [-0.1, -0.05) is 11.6 Å². The molecule has 1 aromatic heterocycles. The average molecular weight is 426 g/mol. The minimum absolute atomic E-state index is 0.00528. The highest BCUT2D eigenvalue weighted by atomic mass is 35.5. The van der Waals surface area contributed by atoms with Crippen LogP contribution in [-0.2, 0) is 10.0 Å². The van der Waals surface area contributed by atoms with Crippen LogP contribution in [0.5, 0.6) is 0 Å². The van der Waals surface area contributed by atoms with Gasteiger partial charge in [-0.05, 0) is 37.1 Å². The second-order valence-corrected chi connectivity index (χ2v) is 9.22. The maximum absolute atomic E-state index is 13.4. The van der Waals surface area contributed by atoms with Crippen LogP contribution in [0, 0.1) is 5.82 Å². The molecule has 0 spiro atoms. The van der Waals surface area contributed by atoms with E-state index in [0.717, 1.165) is 49.8 Å². The molecular weight excluding hydrogens is 405 g/mol. The van der Waals surface area contributed by atoms with Gasteiger partial charge >= 0.3 is 0 Å². The van der Waals surface area contributed by atoms with Crippen molar-refractivity contribution in [1.29, 1.82) is 0 Å². The van der Waals surface area contributed by atoms with E-state index in [1.807, 2.05) is 6.07 Å². The minimum Gasteiger partial charge on any atom is -0.354 e. The molecule has 7 nitrogen and oxygen atoms in total.